The molecule has 8 heteroatoms. The van der Waals surface area contributed by atoms with Gasteiger partial charge in [-0.1, -0.05) is 24.3 Å². The average Bonchev–Trinajstić information content (AvgIpc) is 3.08. The van der Waals surface area contributed by atoms with Crippen LogP contribution in [0.2, 0.25) is 0 Å². The summed E-state index contributed by atoms with van der Waals surface area (Å²) in [5.74, 6) is 1.24. The van der Waals surface area contributed by atoms with Gasteiger partial charge in [-0.3, -0.25) is 14.4 Å². The van der Waals surface area contributed by atoms with Crippen molar-refractivity contribution in [2.75, 3.05) is 33.7 Å². The van der Waals surface area contributed by atoms with Crippen LogP contribution in [0, 0.1) is 5.41 Å². The normalized spacial score (nSPS) is 18.9. The quantitative estimate of drug-likeness (QED) is 0.547. The third-order valence-electron chi connectivity index (χ3n) is 5.96. The van der Waals surface area contributed by atoms with E-state index in [1.54, 1.807) is 6.07 Å². The Balaban J connectivity index is 0.000000968. The summed E-state index contributed by atoms with van der Waals surface area (Å²) in [7, 11) is 3.96. The molecular formula is C25H30N2O6. The number of carbonyl (C=O) groups excluding carboxylic acids is 2. The second-order valence-electron chi connectivity index (χ2n) is 8.61. The summed E-state index contributed by atoms with van der Waals surface area (Å²) < 4.78 is 11.5. The molecule has 2 fully saturated rings. The van der Waals surface area contributed by atoms with E-state index >= 15 is 0 Å². The van der Waals surface area contributed by atoms with Gasteiger partial charge in [-0.25, -0.2) is 0 Å². The fourth-order valence-electron chi connectivity index (χ4n) is 4.39. The standard InChI is InChI=1S/C24H28N2O4.CH2O2/c1-25(2)17-21-16-24(23(28)30-21)11-13-26(14-12-24)22(27)18-7-6-10-20(15-18)29-19-8-4-3-5-9-19;2-1-3/h3-10,15,21H,11-14,16-17H2,1-2H3;1H,(H,2,3). The number of hydrogen-bond acceptors (Lipinski definition) is 6. The lowest BCUT2D eigenvalue weighted by atomic mass is 9.76. The van der Waals surface area contributed by atoms with Crippen molar-refractivity contribution in [2.24, 2.45) is 5.41 Å². The van der Waals surface area contributed by atoms with Crippen LogP contribution >= 0.6 is 0 Å². The van der Waals surface area contributed by atoms with Crippen molar-refractivity contribution in [2.45, 2.75) is 25.4 Å². The number of piperidine rings is 1. The highest BCUT2D eigenvalue weighted by molar-refractivity contribution is 5.95. The molecule has 1 N–H and O–H groups in total. The van der Waals surface area contributed by atoms with E-state index in [1.807, 2.05) is 72.4 Å². The van der Waals surface area contributed by atoms with Crippen LogP contribution in [0.15, 0.2) is 54.6 Å². The summed E-state index contributed by atoms with van der Waals surface area (Å²) in [5.41, 5.74) is 0.161. The Hall–Kier alpha value is -3.39. The first kappa shape index (κ1) is 24.3. The predicted octanol–water partition coefficient (Wildman–Crippen LogP) is 3.28. The highest BCUT2D eigenvalue weighted by Crippen LogP contribution is 2.43. The smallest absolute Gasteiger partial charge is 0.312 e. The lowest BCUT2D eigenvalue weighted by molar-refractivity contribution is -0.150. The van der Waals surface area contributed by atoms with Crippen LogP contribution in [-0.4, -0.2) is 73.1 Å². The fraction of sp³-hybridized carbons (Fsp3) is 0.400. The Bertz CT molecular complexity index is 954. The lowest BCUT2D eigenvalue weighted by Crippen LogP contribution is -2.45. The topological polar surface area (TPSA) is 96.4 Å². The van der Waals surface area contributed by atoms with Gasteiger partial charge in [0, 0.05) is 31.6 Å². The Morgan fingerprint density at radius 1 is 1.15 bits per heavy atom. The van der Waals surface area contributed by atoms with Crippen molar-refractivity contribution in [3.8, 4) is 11.5 Å². The number of ether oxygens (including phenoxy) is 2. The van der Waals surface area contributed by atoms with Gasteiger partial charge in [-0.2, -0.15) is 0 Å². The Kier molecular flexibility index (Phi) is 8.06. The summed E-state index contributed by atoms with van der Waals surface area (Å²) >= 11 is 0. The van der Waals surface area contributed by atoms with Crippen LogP contribution in [0.5, 0.6) is 11.5 Å². The second kappa shape index (κ2) is 11.0. The molecule has 2 aliphatic heterocycles. The van der Waals surface area contributed by atoms with Crippen molar-refractivity contribution < 1.29 is 29.0 Å². The fourth-order valence-corrected chi connectivity index (χ4v) is 4.39. The average molecular weight is 455 g/mol. The largest absolute Gasteiger partial charge is 0.483 e. The maximum absolute atomic E-state index is 13.0. The highest BCUT2D eigenvalue weighted by atomic mass is 16.6. The molecule has 0 aromatic heterocycles. The maximum atomic E-state index is 13.0. The van der Waals surface area contributed by atoms with Gasteiger partial charge in [0.25, 0.3) is 12.4 Å². The maximum Gasteiger partial charge on any atom is 0.312 e. The Morgan fingerprint density at radius 3 is 2.42 bits per heavy atom. The molecule has 2 saturated heterocycles. The number of hydrogen-bond donors (Lipinski definition) is 1. The number of benzene rings is 2. The van der Waals surface area contributed by atoms with Gasteiger partial charge in [0.05, 0.1) is 5.41 Å². The lowest BCUT2D eigenvalue weighted by Gasteiger charge is -2.36. The van der Waals surface area contributed by atoms with Crippen LogP contribution in [0.1, 0.15) is 29.6 Å². The van der Waals surface area contributed by atoms with Crippen LogP contribution in [0.4, 0.5) is 0 Å². The Morgan fingerprint density at radius 2 is 1.79 bits per heavy atom. The van der Waals surface area contributed by atoms with Gasteiger partial charge in [0.1, 0.15) is 17.6 Å². The molecule has 2 aromatic rings. The minimum Gasteiger partial charge on any atom is -0.483 e. The first-order valence-corrected chi connectivity index (χ1v) is 10.9. The van der Waals surface area contributed by atoms with E-state index in [2.05, 4.69) is 0 Å². The molecule has 0 saturated carbocycles. The number of rotatable bonds is 5. The predicted molar refractivity (Wildman–Crippen MR) is 122 cm³/mol. The molecule has 1 atom stereocenters. The Labute approximate surface area is 193 Å². The summed E-state index contributed by atoms with van der Waals surface area (Å²) in [6, 6.07) is 16.8. The SMILES string of the molecule is CN(C)CC1CC2(CCN(C(=O)c3cccc(Oc4ccccc4)c3)CC2)C(=O)O1.O=CO. The van der Waals surface area contributed by atoms with Gasteiger partial charge in [-0.15, -0.1) is 0 Å². The molecule has 176 valence electrons. The molecular weight excluding hydrogens is 424 g/mol. The molecule has 2 aromatic carbocycles. The molecule has 1 unspecified atom stereocenters. The zero-order valence-corrected chi connectivity index (χ0v) is 19.0. The van der Waals surface area contributed by atoms with Crippen molar-refractivity contribution in [3.63, 3.8) is 0 Å². The minimum absolute atomic E-state index is 0.0282. The van der Waals surface area contributed by atoms with Gasteiger partial charge in [0.2, 0.25) is 0 Å². The molecule has 33 heavy (non-hydrogen) atoms. The molecule has 0 aliphatic carbocycles. The third-order valence-corrected chi connectivity index (χ3v) is 5.96. The first-order valence-electron chi connectivity index (χ1n) is 10.9. The zero-order valence-electron chi connectivity index (χ0n) is 19.0. The third kappa shape index (κ3) is 6.10. The molecule has 0 bridgehead atoms. The number of likely N-dealkylation sites (N-methyl/N-ethyl adjacent to an activating group) is 1. The van der Waals surface area contributed by atoms with E-state index in [4.69, 9.17) is 19.4 Å². The molecule has 0 radical (unpaired) electrons. The molecule has 1 spiro atoms. The van der Waals surface area contributed by atoms with E-state index in [9.17, 15) is 9.59 Å². The minimum atomic E-state index is -0.435. The molecule has 1 amide bonds. The van der Waals surface area contributed by atoms with Crippen LogP contribution < -0.4 is 4.74 Å². The summed E-state index contributed by atoms with van der Waals surface area (Å²) in [4.78, 5) is 37.8. The van der Waals surface area contributed by atoms with Crippen molar-refractivity contribution in [1.82, 2.24) is 9.80 Å². The summed E-state index contributed by atoms with van der Waals surface area (Å²) in [6.07, 6.45) is 2.00. The van der Waals surface area contributed by atoms with E-state index < -0.39 is 5.41 Å². The number of cyclic esters (lactones) is 1. The highest BCUT2D eigenvalue weighted by Gasteiger charge is 2.50. The van der Waals surface area contributed by atoms with E-state index in [1.165, 1.54) is 0 Å². The second-order valence-corrected chi connectivity index (χ2v) is 8.61. The van der Waals surface area contributed by atoms with E-state index in [0.717, 1.165) is 18.7 Å². The van der Waals surface area contributed by atoms with Gasteiger partial charge >= 0.3 is 5.97 Å². The molecule has 8 nitrogen and oxygen atoms in total. The molecule has 2 aliphatic rings. The molecule has 2 heterocycles. The van der Waals surface area contributed by atoms with Crippen LogP contribution in [0.25, 0.3) is 0 Å². The van der Waals surface area contributed by atoms with Gasteiger partial charge in [-0.05, 0) is 57.3 Å². The number of amides is 1. The number of carbonyl (C=O) groups is 3. The van der Waals surface area contributed by atoms with E-state index in [-0.39, 0.29) is 24.5 Å². The van der Waals surface area contributed by atoms with Crippen LogP contribution in [-0.2, 0) is 14.3 Å². The van der Waals surface area contributed by atoms with E-state index in [0.29, 0.717) is 37.2 Å². The first-order chi connectivity index (χ1) is 15.9. The summed E-state index contributed by atoms with van der Waals surface area (Å²) in [5, 5.41) is 6.89. The number of esters is 1. The molecule has 4 rings (SSSR count). The van der Waals surface area contributed by atoms with Crippen molar-refractivity contribution in [1.29, 1.82) is 0 Å². The van der Waals surface area contributed by atoms with Crippen LogP contribution in [0.3, 0.4) is 0 Å². The zero-order chi connectivity index (χ0) is 23.8. The monoisotopic (exact) mass is 454 g/mol. The number of para-hydroxylation sites is 1. The number of carboxylic acid groups (broad SMARTS) is 1. The van der Waals surface area contributed by atoms with Crippen molar-refractivity contribution >= 4 is 18.3 Å². The number of likely N-dealkylation sites (tertiary alicyclic amines) is 1. The number of nitrogens with zero attached hydrogens (tertiary/aromatic N) is 2. The summed E-state index contributed by atoms with van der Waals surface area (Å²) in [6.45, 7) is 1.61. The van der Waals surface area contributed by atoms with Gasteiger partial charge < -0.3 is 24.4 Å². The van der Waals surface area contributed by atoms with Gasteiger partial charge in [0.15, 0.2) is 0 Å². The van der Waals surface area contributed by atoms with Crippen molar-refractivity contribution in [3.05, 3.63) is 60.2 Å².